The number of allylic oxidation sites excluding steroid dienone is 1. The number of nitrogens with zero attached hydrogens (tertiary/aromatic N) is 2. The van der Waals surface area contributed by atoms with Crippen molar-refractivity contribution in [2.45, 2.75) is 26.5 Å². The van der Waals surface area contributed by atoms with Crippen LogP contribution < -0.4 is 29.1 Å². The lowest BCUT2D eigenvalue weighted by atomic mass is 9.94. The first kappa shape index (κ1) is 27.9. The summed E-state index contributed by atoms with van der Waals surface area (Å²) in [7, 11) is 3.10. The molecule has 41 heavy (non-hydrogen) atoms. The van der Waals surface area contributed by atoms with Crippen molar-refractivity contribution < 1.29 is 23.7 Å². The molecule has 3 aromatic carbocycles. The van der Waals surface area contributed by atoms with E-state index in [0.717, 1.165) is 16.9 Å². The van der Waals surface area contributed by atoms with E-state index in [9.17, 15) is 9.59 Å². The number of methoxy groups -OCH3 is 2. The molecule has 1 aromatic heterocycles. The minimum Gasteiger partial charge on any atom is -0.497 e. The molecule has 1 atom stereocenters. The third-order valence-corrected chi connectivity index (χ3v) is 7.66. The fourth-order valence-electron chi connectivity index (χ4n) is 4.69. The van der Waals surface area contributed by atoms with E-state index in [1.807, 2.05) is 60.7 Å². The molecular formula is C32H30N2O6S. The Kier molecular flexibility index (Phi) is 8.35. The molecule has 2 heterocycles. The van der Waals surface area contributed by atoms with Gasteiger partial charge in [-0.1, -0.05) is 53.8 Å². The van der Waals surface area contributed by atoms with E-state index in [1.165, 1.54) is 15.9 Å². The number of hydrogen-bond acceptors (Lipinski definition) is 8. The Labute approximate surface area is 241 Å². The van der Waals surface area contributed by atoms with Crippen molar-refractivity contribution in [3.8, 4) is 17.2 Å². The highest BCUT2D eigenvalue weighted by Crippen LogP contribution is 2.37. The van der Waals surface area contributed by atoms with Crippen molar-refractivity contribution >= 4 is 23.4 Å². The largest absolute Gasteiger partial charge is 0.497 e. The molecule has 5 rings (SSSR count). The molecule has 4 aromatic rings. The first-order chi connectivity index (χ1) is 19.9. The molecule has 0 unspecified atom stereocenters. The molecule has 0 saturated carbocycles. The average molecular weight is 571 g/mol. The number of esters is 1. The summed E-state index contributed by atoms with van der Waals surface area (Å²) < 4.78 is 24.4. The van der Waals surface area contributed by atoms with Crippen LogP contribution in [0.15, 0.2) is 93.9 Å². The van der Waals surface area contributed by atoms with Crippen LogP contribution >= 0.6 is 11.3 Å². The van der Waals surface area contributed by atoms with Crippen LogP contribution in [-0.2, 0) is 16.1 Å². The van der Waals surface area contributed by atoms with Crippen LogP contribution in [-0.4, -0.2) is 31.4 Å². The molecule has 0 amide bonds. The number of ether oxygens (including phenoxy) is 4. The molecule has 8 nitrogen and oxygen atoms in total. The Balaban J connectivity index is 1.56. The lowest BCUT2D eigenvalue weighted by molar-refractivity contribution is -0.139. The van der Waals surface area contributed by atoms with Crippen molar-refractivity contribution in [1.82, 2.24) is 4.57 Å². The van der Waals surface area contributed by atoms with Gasteiger partial charge in [0.05, 0.1) is 36.6 Å². The number of carbonyl (C=O) groups is 1. The zero-order valence-corrected chi connectivity index (χ0v) is 24.1. The van der Waals surface area contributed by atoms with Crippen molar-refractivity contribution in [1.29, 1.82) is 0 Å². The number of benzene rings is 3. The van der Waals surface area contributed by atoms with Crippen LogP contribution in [0.25, 0.3) is 6.08 Å². The number of rotatable bonds is 9. The molecule has 1 aliphatic rings. The van der Waals surface area contributed by atoms with Gasteiger partial charge in [-0.2, -0.15) is 0 Å². The van der Waals surface area contributed by atoms with Crippen molar-refractivity contribution in [3.05, 3.63) is 120 Å². The Hall–Kier alpha value is -4.63. The van der Waals surface area contributed by atoms with Gasteiger partial charge < -0.3 is 18.9 Å². The van der Waals surface area contributed by atoms with Gasteiger partial charge in [-0.25, -0.2) is 9.79 Å². The summed E-state index contributed by atoms with van der Waals surface area (Å²) in [6.07, 6.45) is 1.81. The standard InChI is InChI=1S/C32H30N2O6S/c1-5-39-31(36)28-20(2)33-32-34(29(28)25-18-24(37-3)15-16-26(25)38-4)30(35)27(41-32)17-21-11-13-23(14-12-21)40-19-22-9-7-6-8-10-22/h6-18,29H,5,19H2,1-4H3/b27-17+/t29-/m1/s1. The highest BCUT2D eigenvalue weighted by molar-refractivity contribution is 7.07. The molecule has 1 aliphatic heterocycles. The van der Waals surface area contributed by atoms with Gasteiger partial charge in [0.1, 0.15) is 29.9 Å². The van der Waals surface area contributed by atoms with Gasteiger partial charge in [-0.15, -0.1) is 0 Å². The van der Waals surface area contributed by atoms with E-state index < -0.39 is 12.0 Å². The van der Waals surface area contributed by atoms with E-state index in [-0.39, 0.29) is 17.7 Å². The summed E-state index contributed by atoms with van der Waals surface area (Å²) in [4.78, 5) is 32.2. The van der Waals surface area contributed by atoms with Crippen LogP contribution in [0.4, 0.5) is 0 Å². The monoisotopic (exact) mass is 570 g/mol. The van der Waals surface area contributed by atoms with E-state index in [1.54, 1.807) is 46.3 Å². The smallest absolute Gasteiger partial charge is 0.338 e. The molecule has 0 N–H and O–H groups in total. The second-order valence-electron chi connectivity index (χ2n) is 9.25. The number of thiazole rings is 1. The number of aromatic nitrogens is 1. The van der Waals surface area contributed by atoms with Crippen molar-refractivity contribution in [3.63, 3.8) is 0 Å². The fraction of sp³-hybridized carbons (Fsp3) is 0.219. The minimum atomic E-state index is -0.814. The SMILES string of the molecule is CCOC(=O)C1=C(C)N=c2s/c(=C/c3ccc(OCc4ccccc4)cc3)c(=O)n2[C@@H]1c1cc(OC)ccc1OC. The van der Waals surface area contributed by atoms with Gasteiger partial charge in [0.15, 0.2) is 4.80 Å². The molecule has 0 spiro atoms. The Morgan fingerprint density at radius 1 is 1.00 bits per heavy atom. The normalized spacial score (nSPS) is 14.7. The quantitative estimate of drug-likeness (QED) is 0.277. The highest BCUT2D eigenvalue weighted by atomic mass is 32.1. The molecule has 0 radical (unpaired) electrons. The Morgan fingerprint density at radius 2 is 1.73 bits per heavy atom. The Morgan fingerprint density at radius 3 is 2.41 bits per heavy atom. The van der Waals surface area contributed by atoms with Crippen LogP contribution in [0.5, 0.6) is 17.2 Å². The topological polar surface area (TPSA) is 88.4 Å². The zero-order chi connectivity index (χ0) is 28.9. The first-order valence-corrected chi connectivity index (χ1v) is 13.9. The van der Waals surface area contributed by atoms with Gasteiger partial charge >= 0.3 is 5.97 Å². The van der Waals surface area contributed by atoms with Crippen LogP contribution in [0.2, 0.25) is 0 Å². The summed E-state index contributed by atoms with van der Waals surface area (Å²) in [6.45, 7) is 4.14. The maximum absolute atomic E-state index is 13.9. The minimum absolute atomic E-state index is 0.188. The van der Waals surface area contributed by atoms with Gasteiger partial charge in [0, 0.05) is 5.56 Å². The predicted molar refractivity (Wildman–Crippen MR) is 157 cm³/mol. The second kappa shape index (κ2) is 12.3. The molecule has 210 valence electrons. The number of fused-ring (bicyclic) bond motifs is 1. The van der Waals surface area contributed by atoms with Crippen LogP contribution in [0.3, 0.4) is 0 Å². The number of carbonyl (C=O) groups excluding carboxylic acids is 1. The summed E-state index contributed by atoms with van der Waals surface area (Å²) in [5, 5.41) is 0. The zero-order valence-electron chi connectivity index (χ0n) is 23.2. The van der Waals surface area contributed by atoms with Crippen molar-refractivity contribution in [2.24, 2.45) is 4.99 Å². The molecule has 0 bridgehead atoms. The predicted octanol–water partition coefficient (Wildman–Crippen LogP) is 4.39. The van der Waals surface area contributed by atoms with Gasteiger partial charge in [0.2, 0.25) is 0 Å². The second-order valence-corrected chi connectivity index (χ2v) is 10.3. The van der Waals surface area contributed by atoms with E-state index >= 15 is 0 Å². The summed E-state index contributed by atoms with van der Waals surface area (Å²) in [5.41, 5.74) is 2.99. The molecule has 0 aliphatic carbocycles. The maximum atomic E-state index is 13.9. The van der Waals surface area contributed by atoms with E-state index in [4.69, 9.17) is 18.9 Å². The fourth-order valence-corrected chi connectivity index (χ4v) is 5.74. The highest BCUT2D eigenvalue weighted by Gasteiger charge is 2.35. The summed E-state index contributed by atoms with van der Waals surface area (Å²) in [6, 6.07) is 22.0. The third-order valence-electron chi connectivity index (χ3n) is 6.67. The third kappa shape index (κ3) is 5.81. The lowest BCUT2D eigenvalue weighted by Crippen LogP contribution is -2.40. The van der Waals surface area contributed by atoms with Crippen LogP contribution in [0.1, 0.15) is 36.6 Å². The first-order valence-electron chi connectivity index (χ1n) is 13.1. The van der Waals surface area contributed by atoms with E-state index in [0.29, 0.717) is 38.7 Å². The summed E-state index contributed by atoms with van der Waals surface area (Å²) in [5.74, 6) is 1.26. The molecule has 9 heteroatoms. The average Bonchev–Trinajstić information content (AvgIpc) is 3.30. The molecule has 0 fully saturated rings. The van der Waals surface area contributed by atoms with Gasteiger partial charge in [-0.05, 0) is 61.4 Å². The van der Waals surface area contributed by atoms with Crippen LogP contribution in [0, 0.1) is 0 Å². The van der Waals surface area contributed by atoms with Gasteiger partial charge in [-0.3, -0.25) is 9.36 Å². The van der Waals surface area contributed by atoms with Crippen molar-refractivity contribution in [2.75, 3.05) is 20.8 Å². The Bertz CT molecular complexity index is 1770. The molecule has 0 saturated heterocycles. The summed E-state index contributed by atoms with van der Waals surface area (Å²) >= 11 is 1.26. The van der Waals surface area contributed by atoms with Gasteiger partial charge in [0.25, 0.3) is 5.56 Å². The number of hydrogen-bond donors (Lipinski definition) is 0. The maximum Gasteiger partial charge on any atom is 0.338 e. The molecular weight excluding hydrogens is 540 g/mol. The van der Waals surface area contributed by atoms with E-state index in [2.05, 4.69) is 4.99 Å². The lowest BCUT2D eigenvalue weighted by Gasteiger charge is -2.26.